The van der Waals surface area contributed by atoms with Gasteiger partial charge in [0.15, 0.2) is 0 Å². The fourth-order valence-electron chi connectivity index (χ4n) is 4.54. The van der Waals surface area contributed by atoms with Gasteiger partial charge < -0.3 is 15.1 Å². The lowest BCUT2D eigenvalue weighted by Crippen LogP contribution is -2.63. The van der Waals surface area contributed by atoms with Crippen LogP contribution in [-0.2, 0) is 12.0 Å². The van der Waals surface area contributed by atoms with Gasteiger partial charge in [0.1, 0.15) is 5.60 Å². The van der Waals surface area contributed by atoms with Crippen LogP contribution in [-0.4, -0.2) is 46.3 Å². The number of aromatic nitrogens is 1. The summed E-state index contributed by atoms with van der Waals surface area (Å²) in [6.07, 6.45) is 4.73. The van der Waals surface area contributed by atoms with Gasteiger partial charge in [-0.3, -0.25) is 4.98 Å². The van der Waals surface area contributed by atoms with Crippen LogP contribution in [0.5, 0.6) is 0 Å². The van der Waals surface area contributed by atoms with Crippen LogP contribution in [0.4, 0.5) is 0 Å². The Bertz CT molecular complexity index is 795. The van der Waals surface area contributed by atoms with Crippen molar-refractivity contribution in [2.24, 2.45) is 5.41 Å². The third-order valence-electron chi connectivity index (χ3n) is 6.17. The fraction of sp³-hybridized carbons (Fsp3) is 0.542. The predicted molar refractivity (Wildman–Crippen MR) is 113 cm³/mol. The van der Waals surface area contributed by atoms with Crippen molar-refractivity contribution in [1.82, 2.24) is 9.88 Å². The molecule has 2 atom stereocenters. The zero-order valence-corrected chi connectivity index (χ0v) is 17.8. The van der Waals surface area contributed by atoms with E-state index in [4.69, 9.17) is 0 Å². The van der Waals surface area contributed by atoms with Gasteiger partial charge in [0, 0.05) is 36.5 Å². The Hall–Kier alpha value is -1.75. The number of benzene rings is 1. The smallest absolute Gasteiger partial charge is 0.124 e. The zero-order chi connectivity index (χ0) is 20.5. The lowest BCUT2D eigenvalue weighted by molar-refractivity contribution is -0.127. The Labute approximate surface area is 169 Å². The Balaban J connectivity index is 2.04. The molecular formula is C24H34N2O2. The number of rotatable bonds is 7. The van der Waals surface area contributed by atoms with Crippen LogP contribution in [0.2, 0.25) is 0 Å². The van der Waals surface area contributed by atoms with E-state index in [1.807, 2.05) is 6.20 Å². The summed E-state index contributed by atoms with van der Waals surface area (Å²) >= 11 is 0. The van der Waals surface area contributed by atoms with Crippen LogP contribution in [0, 0.1) is 5.41 Å². The van der Waals surface area contributed by atoms with E-state index < -0.39 is 5.60 Å². The average molecular weight is 383 g/mol. The monoisotopic (exact) mass is 382 g/mol. The van der Waals surface area contributed by atoms with Gasteiger partial charge in [0.25, 0.3) is 0 Å². The molecule has 2 N–H and O–H groups in total. The van der Waals surface area contributed by atoms with Gasteiger partial charge in [-0.25, -0.2) is 0 Å². The van der Waals surface area contributed by atoms with Gasteiger partial charge in [0.05, 0.1) is 6.10 Å². The van der Waals surface area contributed by atoms with Gasteiger partial charge >= 0.3 is 0 Å². The second kappa shape index (κ2) is 7.94. The van der Waals surface area contributed by atoms with Crippen molar-refractivity contribution < 1.29 is 10.2 Å². The maximum absolute atomic E-state index is 12.2. The summed E-state index contributed by atoms with van der Waals surface area (Å²) in [6.45, 7) is 9.97. The van der Waals surface area contributed by atoms with Crippen LogP contribution in [0.25, 0.3) is 0 Å². The molecule has 0 radical (unpaired) electrons. The number of hydrogen-bond acceptors (Lipinski definition) is 4. The maximum atomic E-state index is 12.2. The van der Waals surface area contributed by atoms with E-state index in [9.17, 15) is 10.2 Å². The summed E-state index contributed by atoms with van der Waals surface area (Å²) in [5.41, 5.74) is 2.68. The first-order valence-corrected chi connectivity index (χ1v) is 10.3. The molecule has 4 heteroatoms. The molecule has 0 amide bonds. The maximum Gasteiger partial charge on any atom is 0.124 e. The van der Waals surface area contributed by atoms with Crippen LogP contribution in [0.1, 0.15) is 62.3 Å². The minimum Gasteiger partial charge on any atom is -0.393 e. The van der Waals surface area contributed by atoms with E-state index in [-0.39, 0.29) is 11.5 Å². The number of likely N-dealkylation sites (tertiary alicyclic amines) is 1. The highest BCUT2D eigenvalue weighted by molar-refractivity contribution is 5.41. The fourth-order valence-corrected chi connectivity index (χ4v) is 4.54. The van der Waals surface area contributed by atoms with Gasteiger partial charge in [-0.15, -0.1) is 0 Å². The molecule has 28 heavy (non-hydrogen) atoms. The SMILES string of the molecule is CC(O)CCc1cncc(C(O)(c2ccc(C(C)C)cc2)C2(C)CN(C)C2)c1. The molecular weight excluding hydrogens is 348 g/mol. The van der Waals surface area contributed by atoms with Gasteiger partial charge in [-0.05, 0) is 55.5 Å². The van der Waals surface area contributed by atoms with Crippen molar-refractivity contribution in [2.45, 2.75) is 58.2 Å². The van der Waals surface area contributed by atoms with Gasteiger partial charge in [0.2, 0.25) is 0 Å². The molecule has 2 aromatic rings. The third-order valence-corrected chi connectivity index (χ3v) is 6.17. The molecule has 3 rings (SSSR count). The molecule has 1 aliphatic heterocycles. The van der Waals surface area contributed by atoms with Crippen molar-refractivity contribution in [3.05, 3.63) is 65.0 Å². The largest absolute Gasteiger partial charge is 0.393 e. The Kier molecular flexibility index (Phi) is 5.95. The number of pyridine rings is 1. The molecule has 4 nitrogen and oxygen atoms in total. The highest BCUT2D eigenvalue weighted by Gasteiger charge is 2.55. The van der Waals surface area contributed by atoms with Crippen molar-refractivity contribution in [3.63, 3.8) is 0 Å². The molecule has 1 saturated heterocycles. The van der Waals surface area contributed by atoms with E-state index in [0.717, 1.165) is 36.2 Å². The summed E-state index contributed by atoms with van der Waals surface area (Å²) in [7, 11) is 2.08. The molecule has 0 saturated carbocycles. The van der Waals surface area contributed by atoms with Crippen molar-refractivity contribution in [2.75, 3.05) is 20.1 Å². The number of hydrogen-bond donors (Lipinski definition) is 2. The quantitative estimate of drug-likeness (QED) is 0.767. The predicted octanol–water partition coefficient (Wildman–Crippen LogP) is 3.71. The molecule has 0 aliphatic carbocycles. The lowest BCUT2D eigenvalue weighted by atomic mass is 9.62. The van der Waals surface area contributed by atoms with E-state index >= 15 is 0 Å². The topological polar surface area (TPSA) is 56.6 Å². The minimum absolute atomic E-state index is 0.286. The molecule has 1 aliphatic rings. The summed E-state index contributed by atoms with van der Waals surface area (Å²) in [5.74, 6) is 0.457. The Morgan fingerprint density at radius 2 is 1.75 bits per heavy atom. The number of aliphatic hydroxyl groups excluding tert-OH is 1. The molecule has 0 bridgehead atoms. The normalized spacial score (nSPS) is 19.9. The summed E-state index contributed by atoms with van der Waals surface area (Å²) in [6, 6.07) is 10.5. The van der Waals surface area contributed by atoms with Crippen LogP contribution in [0.15, 0.2) is 42.7 Å². The molecule has 1 aromatic heterocycles. The molecule has 1 aromatic carbocycles. The second-order valence-corrected chi connectivity index (χ2v) is 9.19. The minimum atomic E-state index is -1.11. The first-order valence-electron chi connectivity index (χ1n) is 10.3. The molecule has 152 valence electrons. The average Bonchev–Trinajstić information content (AvgIpc) is 2.64. The lowest BCUT2D eigenvalue weighted by Gasteiger charge is -2.56. The molecule has 2 unspecified atom stereocenters. The van der Waals surface area contributed by atoms with Crippen LogP contribution < -0.4 is 0 Å². The first kappa shape index (κ1) is 21.0. The van der Waals surface area contributed by atoms with Crippen LogP contribution >= 0.6 is 0 Å². The van der Waals surface area contributed by atoms with Crippen molar-refractivity contribution in [1.29, 1.82) is 0 Å². The Morgan fingerprint density at radius 3 is 2.29 bits per heavy atom. The van der Waals surface area contributed by atoms with Gasteiger partial charge in [-0.2, -0.15) is 0 Å². The molecule has 1 fully saturated rings. The third kappa shape index (κ3) is 3.86. The summed E-state index contributed by atoms with van der Waals surface area (Å²) in [4.78, 5) is 6.67. The summed E-state index contributed by atoms with van der Waals surface area (Å²) < 4.78 is 0. The van der Waals surface area contributed by atoms with E-state index in [2.05, 4.69) is 68.0 Å². The highest BCUT2D eigenvalue weighted by atomic mass is 16.3. The van der Waals surface area contributed by atoms with E-state index in [0.29, 0.717) is 12.3 Å². The Morgan fingerprint density at radius 1 is 1.11 bits per heavy atom. The van der Waals surface area contributed by atoms with Crippen molar-refractivity contribution in [3.8, 4) is 0 Å². The summed E-state index contributed by atoms with van der Waals surface area (Å²) in [5, 5.41) is 21.8. The number of aryl methyl sites for hydroxylation is 1. The molecule has 0 spiro atoms. The number of aliphatic hydroxyl groups is 2. The van der Waals surface area contributed by atoms with E-state index in [1.165, 1.54) is 5.56 Å². The highest BCUT2D eigenvalue weighted by Crippen LogP contribution is 2.50. The van der Waals surface area contributed by atoms with E-state index in [1.54, 1.807) is 13.1 Å². The number of nitrogens with zero attached hydrogens (tertiary/aromatic N) is 2. The second-order valence-electron chi connectivity index (χ2n) is 9.19. The zero-order valence-electron chi connectivity index (χ0n) is 17.8. The standard InChI is InChI=1S/C24H34N2O2/c1-17(2)20-8-10-21(11-9-20)24(28,23(4)15-26(5)16-23)22-12-19(13-25-14-22)7-6-18(3)27/h8-14,17-18,27-28H,6-7,15-16H2,1-5H3. The van der Waals surface area contributed by atoms with Crippen molar-refractivity contribution >= 4 is 0 Å². The molecule has 2 heterocycles. The van der Waals surface area contributed by atoms with Crippen LogP contribution in [0.3, 0.4) is 0 Å². The first-order chi connectivity index (χ1) is 13.2. The van der Waals surface area contributed by atoms with Gasteiger partial charge in [-0.1, -0.05) is 45.0 Å².